The van der Waals surface area contributed by atoms with E-state index in [4.69, 9.17) is 4.74 Å². The lowest BCUT2D eigenvalue weighted by Gasteiger charge is -2.15. The summed E-state index contributed by atoms with van der Waals surface area (Å²) in [5, 5.41) is 4.42. The van der Waals surface area contributed by atoms with Crippen molar-refractivity contribution in [1.29, 1.82) is 0 Å². The molecule has 0 aliphatic carbocycles. The van der Waals surface area contributed by atoms with Gasteiger partial charge in [-0.05, 0) is 19.2 Å². The predicted molar refractivity (Wildman–Crippen MR) is 87.3 cm³/mol. The molecule has 0 aliphatic rings. The number of rotatable bonds is 6. The van der Waals surface area contributed by atoms with Gasteiger partial charge in [0, 0.05) is 42.8 Å². The first kappa shape index (κ1) is 15.2. The molecule has 0 aliphatic heterocycles. The quantitative estimate of drug-likeness (QED) is 0.699. The smallest absolute Gasteiger partial charge is 0.316 e. The lowest BCUT2D eigenvalue weighted by atomic mass is 10.3. The SMILES string of the molecule is COc1ncc(CN(C)Cc2cnn(-c3ccccc3)c2)cn1. The summed E-state index contributed by atoms with van der Waals surface area (Å²) in [5.41, 5.74) is 3.26. The van der Waals surface area contributed by atoms with Gasteiger partial charge in [-0.15, -0.1) is 0 Å². The number of aromatic nitrogens is 4. The Labute approximate surface area is 135 Å². The van der Waals surface area contributed by atoms with E-state index in [-0.39, 0.29) is 0 Å². The summed E-state index contributed by atoms with van der Waals surface area (Å²) in [5.74, 6) is 0. The molecule has 0 fully saturated rings. The van der Waals surface area contributed by atoms with Gasteiger partial charge >= 0.3 is 6.01 Å². The molecule has 0 N–H and O–H groups in total. The van der Waals surface area contributed by atoms with Crippen molar-refractivity contribution in [2.24, 2.45) is 0 Å². The highest BCUT2D eigenvalue weighted by molar-refractivity contribution is 5.30. The first-order valence-electron chi connectivity index (χ1n) is 7.37. The Morgan fingerprint density at radius 1 is 1.00 bits per heavy atom. The standard InChI is InChI=1S/C17H19N5O/c1-21(11-14-8-18-17(23-2)19-9-14)12-15-10-20-22(13-15)16-6-4-3-5-7-16/h3-10,13H,11-12H2,1-2H3. The second-order valence-corrected chi connectivity index (χ2v) is 5.38. The molecule has 0 radical (unpaired) electrons. The van der Waals surface area contributed by atoms with Crippen molar-refractivity contribution in [3.8, 4) is 11.7 Å². The molecule has 3 aromatic rings. The summed E-state index contributed by atoms with van der Waals surface area (Å²) in [4.78, 5) is 10.4. The van der Waals surface area contributed by atoms with Crippen LogP contribution >= 0.6 is 0 Å². The fraction of sp³-hybridized carbons (Fsp3) is 0.235. The number of hydrogen-bond donors (Lipinski definition) is 0. The summed E-state index contributed by atoms with van der Waals surface area (Å²) in [6.45, 7) is 1.57. The summed E-state index contributed by atoms with van der Waals surface area (Å²) in [6, 6.07) is 10.5. The van der Waals surface area contributed by atoms with E-state index in [1.54, 1.807) is 19.5 Å². The highest BCUT2D eigenvalue weighted by atomic mass is 16.5. The molecule has 0 amide bonds. The van der Waals surface area contributed by atoms with E-state index in [1.807, 2.05) is 41.2 Å². The molecule has 1 aromatic carbocycles. The molecule has 2 heterocycles. The molecule has 0 saturated carbocycles. The van der Waals surface area contributed by atoms with Gasteiger partial charge in [0.15, 0.2) is 0 Å². The molecular weight excluding hydrogens is 290 g/mol. The van der Waals surface area contributed by atoms with Crippen molar-refractivity contribution in [2.45, 2.75) is 13.1 Å². The maximum absolute atomic E-state index is 4.97. The van der Waals surface area contributed by atoms with Crippen LogP contribution in [0.2, 0.25) is 0 Å². The molecule has 2 aromatic heterocycles. The van der Waals surface area contributed by atoms with Crippen LogP contribution in [0.15, 0.2) is 55.1 Å². The number of nitrogens with zero attached hydrogens (tertiary/aromatic N) is 5. The van der Waals surface area contributed by atoms with Crippen LogP contribution in [0.3, 0.4) is 0 Å². The van der Waals surface area contributed by atoms with E-state index < -0.39 is 0 Å². The van der Waals surface area contributed by atoms with Crippen LogP contribution in [-0.4, -0.2) is 38.8 Å². The van der Waals surface area contributed by atoms with Crippen molar-refractivity contribution >= 4 is 0 Å². The molecule has 6 nitrogen and oxygen atoms in total. The zero-order chi connectivity index (χ0) is 16.1. The molecule has 0 bridgehead atoms. The minimum Gasteiger partial charge on any atom is -0.467 e. The molecule has 0 saturated heterocycles. The molecule has 118 valence electrons. The van der Waals surface area contributed by atoms with Gasteiger partial charge < -0.3 is 4.74 Å². The van der Waals surface area contributed by atoms with Crippen molar-refractivity contribution in [3.63, 3.8) is 0 Å². The second-order valence-electron chi connectivity index (χ2n) is 5.38. The largest absolute Gasteiger partial charge is 0.467 e. The van der Waals surface area contributed by atoms with E-state index >= 15 is 0 Å². The molecule has 23 heavy (non-hydrogen) atoms. The third kappa shape index (κ3) is 3.92. The fourth-order valence-corrected chi connectivity index (χ4v) is 2.37. The van der Waals surface area contributed by atoms with Gasteiger partial charge in [0.1, 0.15) is 0 Å². The summed E-state index contributed by atoms with van der Waals surface area (Å²) >= 11 is 0. The Hall–Kier alpha value is -2.73. The third-order valence-electron chi connectivity index (χ3n) is 3.43. The number of para-hydroxylation sites is 1. The van der Waals surface area contributed by atoms with Crippen molar-refractivity contribution in [3.05, 3.63) is 66.2 Å². The minimum atomic E-state index is 0.389. The van der Waals surface area contributed by atoms with E-state index in [2.05, 4.69) is 33.2 Å². The van der Waals surface area contributed by atoms with E-state index in [1.165, 1.54) is 0 Å². The average Bonchev–Trinajstić information content (AvgIpc) is 3.04. The van der Waals surface area contributed by atoms with Gasteiger partial charge in [0.05, 0.1) is 19.0 Å². The highest BCUT2D eigenvalue weighted by Crippen LogP contribution is 2.11. The Morgan fingerprint density at radius 2 is 1.70 bits per heavy atom. The van der Waals surface area contributed by atoms with Gasteiger partial charge in [-0.25, -0.2) is 14.6 Å². The van der Waals surface area contributed by atoms with Crippen LogP contribution in [0, 0.1) is 0 Å². The Balaban J connectivity index is 1.61. The fourth-order valence-electron chi connectivity index (χ4n) is 2.37. The topological polar surface area (TPSA) is 56.1 Å². The minimum absolute atomic E-state index is 0.389. The molecule has 0 unspecified atom stereocenters. The van der Waals surface area contributed by atoms with Crippen LogP contribution in [0.4, 0.5) is 0 Å². The summed E-state index contributed by atoms with van der Waals surface area (Å²) < 4.78 is 6.86. The van der Waals surface area contributed by atoms with Gasteiger partial charge in [0.25, 0.3) is 0 Å². The number of ether oxygens (including phenoxy) is 1. The number of hydrogen-bond acceptors (Lipinski definition) is 5. The second kappa shape index (κ2) is 7.02. The lowest BCUT2D eigenvalue weighted by molar-refractivity contribution is 0.316. The van der Waals surface area contributed by atoms with Gasteiger partial charge in [-0.1, -0.05) is 18.2 Å². The van der Waals surface area contributed by atoms with Gasteiger partial charge in [0.2, 0.25) is 0 Å². The van der Waals surface area contributed by atoms with Crippen LogP contribution in [0.1, 0.15) is 11.1 Å². The Morgan fingerprint density at radius 3 is 2.39 bits per heavy atom. The zero-order valence-electron chi connectivity index (χ0n) is 13.3. The first-order valence-corrected chi connectivity index (χ1v) is 7.37. The van der Waals surface area contributed by atoms with Crippen LogP contribution in [0.5, 0.6) is 6.01 Å². The maximum atomic E-state index is 4.97. The summed E-state index contributed by atoms with van der Waals surface area (Å²) in [6.07, 6.45) is 7.52. The van der Waals surface area contributed by atoms with Crippen LogP contribution in [0.25, 0.3) is 5.69 Å². The lowest BCUT2D eigenvalue weighted by Crippen LogP contribution is -2.17. The van der Waals surface area contributed by atoms with Crippen molar-refractivity contribution in [2.75, 3.05) is 14.2 Å². The zero-order valence-corrected chi connectivity index (χ0v) is 13.3. The van der Waals surface area contributed by atoms with E-state index in [0.29, 0.717) is 6.01 Å². The number of benzene rings is 1. The van der Waals surface area contributed by atoms with Crippen molar-refractivity contribution in [1.82, 2.24) is 24.6 Å². The Bertz CT molecular complexity index is 739. The monoisotopic (exact) mass is 309 g/mol. The summed E-state index contributed by atoms with van der Waals surface area (Å²) in [7, 11) is 3.62. The predicted octanol–water partition coefficient (Wildman–Crippen LogP) is 2.30. The molecule has 3 rings (SSSR count). The van der Waals surface area contributed by atoms with E-state index in [0.717, 1.165) is 29.9 Å². The molecule has 0 spiro atoms. The number of methoxy groups -OCH3 is 1. The highest BCUT2D eigenvalue weighted by Gasteiger charge is 2.06. The van der Waals surface area contributed by atoms with E-state index in [9.17, 15) is 0 Å². The molecular formula is C17H19N5O. The van der Waals surface area contributed by atoms with Crippen LogP contribution < -0.4 is 4.74 Å². The molecule has 6 heteroatoms. The maximum Gasteiger partial charge on any atom is 0.316 e. The first-order chi connectivity index (χ1) is 11.2. The van der Waals surface area contributed by atoms with Gasteiger partial charge in [-0.2, -0.15) is 5.10 Å². The average molecular weight is 309 g/mol. The third-order valence-corrected chi connectivity index (χ3v) is 3.43. The van der Waals surface area contributed by atoms with Gasteiger partial charge in [-0.3, -0.25) is 4.90 Å². The Kier molecular flexibility index (Phi) is 4.63. The normalized spacial score (nSPS) is 10.9. The molecule has 0 atom stereocenters. The van der Waals surface area contributed by atoms with Crippen molar-refractivity contribution < 1.29 is 4.74 Å². The van der Waals surface area contributed by atoms with Crippen LogP contribution in [-0.2, 0) is 13.1 Å².